The average molecular weight is 261 g/mol. The van der Waals surface area contributed by atoms with Crippen LogP contribution in [0, 0.1) is 0 Å². The quantitative estimate of drug-likeness (QED) is 0.811. The van der Waals surface area contributed by atoms with Gasteiger partial charge in [-0.25, -0.2) is 4.98 Å². The fraction of sp³-hybridized carbons (Fsp3) is 0.308. The highest BCUT2D eigenvalue weighted by Crippen LogP contribution is 2.10. The number of hydrogen-bond acceptors (Lipinski definition) is 4. The van der Waals surface area contributed by atoms with Gasteiger partial charge in [-0.3, -0.25) is 9.59 Å². The van der Waals surface area contributed by atoms with Gasteiger partial charge in [-0.1, -0.05) is 12.1 Å². The van der Waals surface area contributed by atoms with Crippen LogP contribution < -0.4 is 5.32 Å². The summed E-state index contributed by atoms with van der Waals surface area (Å²) in [6.45, 7) is 1.73. The summed E-state index contributed by atoms with van der Waals surface area (Å²) in [5, 5.41) is 2.69. The maximum absolute atomic E-state index is 11.9. The molecule has 6 nitrogen and oxygen atoms in total. The van der Waals surface area contributed by atoms with E-state index in [0.717, 1.165) is 11.0 Å². The first-order valence-electron chi connectivity index (χ1n) is 5.92. The minimum absolute atomic E-state index is 0.127. The van der Waals surface area contributed by atoms with E-state index >= 15 is 0 Å². The van der Waals surface area contributed by atoms with Gasteiger partial charge in [0.15, 0.2) is 5.82 Å². The van der Waals surface area contributed by atoms with E-state index in [2.05, 4.69) is 20.0 Å². The van der Waals surface area contributed by atoms with Crippen LogP contribution in [0.2, 0.25) is 0 Å². The summed E-state index contributed by atoms with van der Waals surface area (Å²) in [5.74, 6) is -0.470. The predicted octanol–water partition coefficient (Wildman–Crippen LogP) is 1.24. The molecule has 0 bridgehead atoms. The van der Waals surface area contributed by atoms with E-state index in [0.29, 0.717) is 0 Å². The van der Waals surface area contributed by atoms with Gasteiger partial charge >= 0.3 is 5.97 Å². The molecule has 0 spiro atoms. The number of carbonyl (C=O) groups excluding carboxylic acids is 2. The third kappa shape index (κ3) is 3.09. The van der Waals surface area contributed by atoms with E-state index < -0.39 is 0 Å². The molecule has 1 atom stereocenters. The molecule has 0 aliphatic heterocycles. The monoisotopic (exact) mass is 261 g/mol. The van der Waals surface area contributed by atoms with Gasteiger partial charge in [0, 0.05) is 6.04 Å². The summed E-state index contributed by atoms with van der Waals surface area (Å²) in [4.78, 5) is 30.1. The Balaban J connectivity index is 2.05. The maximum atomic E-state index is 11.9. The molecular weight excluding hydrogens is 246 g/mol. The van der Waals surface area contributed by atoms with Crippen molar-refractivity contribution in [2.75, 3.05) is 7.11 Å². The normalized spacial score (nSPS) is 12.1. The zero-order chi connectivity index (χ0) is 13.8. The van der Waals surface area contributed by atoms with E-state index in [9.17, 15) is 9.59 Å². The van der Waals surface area contributed by atoms with Crippen molar-refractivity contribution in [3.05, 3.63) is 30.1 Å². The summed E-state index contributed by atoms with van der Waals surface area (Å²) < 4.78 is 4.54. The topological polar surface area (TPSA) is 84.1 Å². The van der Waals surface area contributed by atoms with Gasteiger partial charge < -0.3 is 15.0 Å². The number of imidazole rings is 1. The fourth-order valence-corrected chi connectivity index (χ4v) is 1.74. The van der Waals surface area contributed by atoms with Gasteiger partial charge in [-0.2, -0.15) is 0 Å². The second-order valence-corrected chi connectivity index (χ2v) is 4.26. The number of nitrogens with one attached hydrogen (secondary N) is 2. The number of benzene rings is 1. The summed E-state index contributed by atoms with van der Waals surface area (Å²) in [6.07, 6.45) is 0.127. The second-order valence-electron chi connectivity index (χ2n) is 4.26. The molecule has 1 heterocycles. The third-order valence-electron chi connectivity index (χ3n) is 2.68. The number of H-pyrrole nitrogens is 1. The number of aromatic nitrogens is 2. The number of methoxy groups -OCH3 is 1. The molecule has 0 unspecified atom stereocenters. The number of amides is 1. The van der Waals surface area contributed by atoms with Crippen molar-refractivity contribution >= 4 is 22.9 Å². The lowest BCUT2D eigenvalue weighted by molar-refractivity contribution is -0.141. The molecule has 1 aromatic heterocycles. The summed E-state index contributed by atoms with van der Waals surface area (Å²) >= 11 is 0. The summed E-state index contributed by atoms with van der Waals surface area (Å²) in [5.41, 5.74) is 1.53. The van der Waals surface area contributed by atoms with Crippen LogP contribution in [0.1, 0.15) is 24.0 Å². The Bertz CT molecular complexity index is 573. The molecule has 0 saturated heterocycles. The van der Waals surface area contributed by atoms with Gasteiger partial charge in [0.25, 0.3) is 5.91 Å². The Morgan fingerprint density at radius 2 is 2.16 bits per heavy atom. The van der Waals surface area contributed by atoms with Crippen molar-refractivity contribution in [1.29, 1.82) is 0 Å². The Morgan fingerprint density at radius 1 is 1.42 bits per heavy atom. The molecule has 6 heteroatoms. The van der Waals surface area contributed by atoms with Crippen LogP contribution in [0.15, 0.2) is 24.3 Å². The van der Waals surface area contributed by atoms with Crippen molar-refractivity contribution < 1.29 is 14.3 Å². The first-order chi connectivity index (χ1) is 9.10. The smallest absolute Gasteiger partial charge is 0.307 e. The number of para-hydroxylation sites is 2. The highest BCUT2D eigenvalue weighted by atomic mass is 16.5. The molecule has 19 heavy (non-hydrogen) atoms. The molecule has 2 N–H and O–H groups in total. The van der Waals surface area contributed by atoms with E-state index in [1.807, 2.05) is 24.3 Å². The molecule has 0 aliphatic rings. The van der Waals surface area contributed by atoms with Crippen molar-refractivity contribution in [2.24, 2.45) is 0 Å². The Kier molecular flexibility index (Phi) is 3.79. The van der Waals surface area contributed by atoms with Crippen LogP contribution in [0.5, 0.6) is 0 Å². The Labute approximate surface area is 110 Å². The average Bonchev–Trinajstić information content (AvgIpc) is 2.82. The molecule has 2 aromatic rings. The molecular formula is C13H15N3O3. The molecule has 0 radical (unpaired) electrons. The molecule has 2 rings (SSSR count). The van der Waals surface area contributed by atoms with Crippen LogP contribution in [-0.4, -0.2) is 35.0 Å². The maximum Gasteiger partial charge on any atom is 0.307 e. The number of carbonyl (C=O) groups is 2. The van der Waals surface area contributed by atoms with E-state index in [1.165, 1.54) is 7.11 Å². The second kappa shape index (κ2) is 5.51. The molecule has 0 saturated carbocycles. The molecule has 0 aliphatic carbocycles. The number of nitrogens with zero attached hydrogens (tertiary/aromatic N) is 1. The van der Waals surface area contributed by atoms with Gasteiger partial charge in [-0.15, -0.1) is 0 Å². The number of rotatable bonds is 4. The molecule has 100 valence electrons. The van der Waals surface area contributed by atoms with E-state index in [1.54, 1.807) is 6.92 Å². The number of aromatic amines is 1. The standard InChI is InChI=1S/C13H15N3O3/c1-8(7-11(17)19-2)14-13(18)12-15-9-5-3-4-6-10(9)16-12/h3-6,8H,7H2,1-2H3,(H,14,18)(H,15,16)/t8-/m0/s1. The minimum atomic E-state index is -0.364. The van der Waals surface area contributed by atoms with Crippen LogP contribution in [0.4, 0.5) is 0 Å². The lowest BCUT2D eigenvalue weighted by Crippen LogP contribution is -2.35. The molecule has 1 aromatic carbocycles. The lowest BCUT2D eigenvalue weighted by Gasteiger charge is -2.10. The fourth-order valence-electron chi connectivity index (χ4n) is 1.74. The van der Waals surface area contributed by atoms with Crippen LogP contribution >= 0.6 is 0 Å². The minimum Gasteiger partial charge on any atom is -0.469 e. The third-order valence-corrected chi connectivity index (χ3v) is 2.68. The number of hydrogen-bond donors (Lipinski definition) is 2. The summed E-state index contributed by atoms with van der Waals surface area (Å²) in [7, 11) is 1.32. The zero-order valence-corrected chi connectivity index (χ0v) is 10.8. The van der Waals surface area contributed by atoms with Crippen molar-refractivity contribution in [2.45, 2.75) is 19.4 Å². The van der Waals surface area contributed by atoms with E-state index in [4.69, 9.17) is 0 Å². The molecule has 1 amide bonds. The SMILES string of the molecule is COC(=O)C[C@H](C)NC(=O)c1nc2ccccc2[nH]1. The van der Waals surface area contributed by atoms with Crippen molar-refractivity contribution in [3.8, 4) is 0 Å². The summed E-state index contributed by atoms with van der Waals surface area (Å²) in [6, 6.07) is 7.07. The molecule has 0 fully saturated rings. The van der Waals surface area contributed by atoms with Crippen LogP contribution in [0.25, 0.3) is 11.0 Å². The van der Waals surface area contributed by atoms with Crippen LogP contribution in [0.3, 0.4) is 0 Å². The largest absolute Gasteiger partial charge is 0.469 e. The van der Waals surface area contributed by atoms with Crippen molar-refractivity contribution in [1.82, 2.24) is 15.3 Å². The van der Waals surface area contributed by atoms with Crippen LogP contribution in [-0.2, 0) is 9.53 Å². The number of ether oxygens (including phenoxy) is 1. The van der Waals surface area contributed by atoms with E-state index in [-0.39, 0.29) is 30.2 Å². The first kappa shape index (κ1) is 13.1. The van der Waals surface area contributed by atoms with Gasteiger partial charge in [-0.05, 0) is 19.1 Å². The van der Waals surface area contributed by atoms with Gasteiger partial charge in [0.2, 0.25) is 0 Å². The lowest BCUT2D eigenvalue weighted by atomic mass is 10.2. The Hall–Kier alpha value is -2.37. The highest BCUT2D eigenvalue weighted by Gasteiger charge is 2.16. The van der Waals surface area contributed by atoms with Gasteiger partial charge in [0.05, 0.1) is 24.6 Å². The predicted molar refractivity (Wildman–Crippen MR) is 69.7 cm³/mol. The van der Waals surface area contributed by atoms with Gasteiger partial charge in [0.1, 0.15) is 0 Å². The highest BCUT2D eigenvalue weighted by molar-refractivity contribution is 5.94. The number of fused-ring (bicyclic) bond motifs is 1. The Morgan fingerprint density at radius 3 is 2.84 bits per heavy atom. The first-order valence-corrected chi connectivity index (χ1v) is 5.92. The number of esters is 1. The zero-order valence-electron chi connectivity index (χ0n) is 10.8. The van der Waals surface area contributed by atoms with Crippen molar-refractivity contribution in [3.63, 3.8) is 0 Å².